The number of anilines is 1. The summed E-state index contributed by atoms with van der Waals surface area (Å²) < 4.78 is 24.4. The summed E-state index contributed by atoms with van der Waals surface area (Å²) >= 11 is 5.67. The maximum atomic E-state index is 13.7. The number of benzene rings is 2. The number of hydrogen-bond acceptors (Lipinski definition) is 3. The SMILES string of the molecule is C/C=C/c1ccc(OCC(=O)Nc2cccc(Cl)c2F)c(OC)c1. The third kappa shape index (κ3) is 4.49. The lowest BCUT2D eigenvalue weighted by Gasteiger charge is -2.12. The van der Waals surface area contributed by atoms with Crippen LogP contribution in [0.2, 0.25) is 5.02 Å². The van der Waals surface area contributed by atoms with Crippen molar-refractivity contribution >= 4 is 29.3 Å². The molecule has 0 aliphatic rings. The van der Waals surface area contributed by atoms with Gasteiger partial charge < -0.3 is 14.8 Å². The monoisotopic (exact) mass is 349 g/mol. The molecular formula is C18H17ClFNO3. The molecule has 0 saturated carbocycles. The third-order valence-corrected chi connectivity index (χ3v) is 3.42. The van der Waals surface area contributed by atoms with Crippen LogP contribution in [0.25, 0.3) is 6.08 Å². The van der Waals surface area contributed by atoms with Gasteiger partial charge in [0.15, 0.2) is 23.9 Å². The van der Waals surface area contributed by atoms with Gasteiger partial charge in [0.1, 0.15) is 0 Å². The second-order valence-electron chi connectivity index (χ2n) is 4.85. The standard InChI is InChI=1S/C18H17ClFNO3/c1-3-5-12-8-9-15(16(10-12)23-2)24-11-17(22)21-14-7-4-6-13(19)18(14)20/h3-10H,11H2,1-2H3,(H,21,22)/b5-3+. The summed E-state index contributed by atoms with van der Waals surface area (Å²) in [7, 11) is 1.52. The van der Waals surface area contributed by atoms with Crippen LogP contribution in [0.5, 0.6) is 11.5 Å². The minimum absolute atomic E-state index is 0.00601. The van der Waals surface area contributed by atoms with E-state index in [0.29, 0.717) is 11.5 Å². The molecule has 2 rings (SSSR count). The molecule has 1 N–H and O–H groups in total. The fourth-order valence-corrected chi connectivity index (χ4v) is 2.20. The first-order chi connectivity index (χ1) is 11.5. The predicted molar refractivity (Wildman–Crippen MR) is 93.2 cm³/mol. The molecule has 24 heavy (non-hydrogen) atoms. The van der Waals surface area contributed by atoms with E-state index in [1.165, 1.54) is 19.2 Å². The summed E-state index contributed by atoms with van der Waals surface area (Å²) in [6, 6.07) is 9.72. The number of carbonyl (C=O) groups is 1. The molecule has 0 saturated heterocycles. The van der Waals surface area contributed by atoms with Gasteiger partial charge in [0, 0.05) is 0 Å². The molecule has 0 fully saturated rings. The minimum Gasteiger partial charge on any atom is -0.493 e. The van der Waals surface area contributed by atoms with Gasteiger partial charge in [-0.25, -0.2) is 4.39 Å². The third-order valence-electron chi connectivity index (χ3n) is 3.13. The topological polar surface area (TPSA) is 47.6 Å². The van der Waals surface area contributed by atoms with Crippen molar-refractivity contribution in [3.05, 3.63) is 58.9 Å². The molecule has 2 aromatic carbocycles. The molecule has 0 radical (unpaired) electrons. The van der Waals surface area contributed by atoms with Crippen molar-refractivity contribution in [2.24, 2.45) is 0 Å². The lowest BCUT2D eigenvalue weighted by atomic mass is 10.2. The maximum Gasteiger partial charge on any atom is 0.262 e. The van der Waals surface area contributed by atoms with Gasteiger partial charge in [0.25, 0.3) is 5.91 Å². The molecule has 4 nitrogen and oxygen atoms in total. The molecule has 0 bridgehead atoms. The molecule has 0 aromatic heterocycles. The normalized spacial score (nSPS) is 10.7. The number of halogens is 2. The second kappa shape index (κ2) is 8.36. The van der Waals surface area contributed by atoms with E-state index in [4.69, 9.17) is 21.1 Å². The molecule has 0 atom stereocenters. The average molecular weight is 350 g/mol. The second-order valence-corrected chi connectivity index (χ2v) is 5.26. The average Bonchev–Trinajstić information content (AvgIpc) is 2.58. The van der Waals surface area contributed by atoms with Crippen molar-refractivity contribution in [1.29, 1.82) is 0 Å². The Balaban J connectivity index is 2.02. The van der Waals surface area contributed by atoms with Crippen LogP contribution in [0.1, 0.15) is 12.5 Å². The van der Waals surface area contributed by atoms with Crippen molar-refractivity contribution < 1.29 is 18.7 Å². The number of carbonyl (C=O) groups excluding carboxylic acids is 1. The summed E-state index contributed by atoms with van der Waals surface area (Å²) in [6.07, 6.45) is 3.82. The first-order valence-corrected chi connectivity index (χ1v) is 7.60. The molecular weight excluding hydrogens is 333 g/mol. The summed E-state index contributed by atoms with van der Waals surface area (Å²) in [5.41, 5.74) is 0.957. The van der Waals surface area contributed by atoms with E-state index in [0.717, 1.165) is 5.56 Å². The molecule has 0 aliphatic heterocycles. The largest absolute Gasteiger partial charge is 0.493 e. The highest BCUT2D eigenvalue weighted by atomic mass is 35.5. The van der Waals surface area contributed by atoms with Crippen molar-refractivity contribution in [1.82, 2.24) is 0 Å². The van der Waals surface area contributed by atoms with Crippen LogP contribution in [0.3, 0.4) is 0 Å². The first kappa shape index (κ1) is 17.8. The molecule has 126 valence electrons. The lowest BCUT2D eigenvalue weighted by Crippen LogP contribution is -2.21. The van der Waals surface area contributed by atoms with Crippen LogP contribution in [0, 0.1) is 5.82 Å². The number of hydrogen-bond donors (Lipinski definition) is 1. The van der Waals surface area contributed by atoms with E-state index < -0.39 is 11.7 Å². The van der Waals surface area contributed by atoms with Crippen LogP contribution < -0.4 is 14.8 Å². The van der Waals surface area contributed by atoms with Crippen molar-refractivity contribution in [2.75, 3.05) is 19.0 Å². The van der Waals surface area contributed by atoms with Crippen LogP contribution in [0.15, 0.2) is 42.5 Å². The lowest BCUT2D eigenvalue weighted by molar-refractivity contribution is -0.118. The zero-order chi connectivity index (χ0) is 17.5. The number of nitrogens with one attached hydrogen (secondary N) is 1. The summed E-state index contributed by atoms with van der Waals surface area (Å²) in [6.45, 7) is 1.63. The van der Waals surface area contributed by atoms with Crippen molar-refractivity contribution in [3.8, 4) is 11.5 Å². The van der Waals surface area contributed by atoms with Gasteiger partial charge in [-0.1, -0.05) is 35.9 Å². The highest BCUT2D eigenvalue weighted by Crippen LogP contribution is 2.28. The van der Waals surface area contributed by atoms with E-state index in [9.17, 15) is 9.18 Å². The van der Waals surface area contributed by atoms with Gasteiger partial charge in [-0.3, -0.25) is 4.79 Å². The predicted octanol–water partition coefficient (Wildman–Crippen LogP) is 4.54. The highest BCUT2D eigenvalue weighted by Gasteiger charge is 2.12. The van der Waals surface area contributed by atoms with Crippen LogP contribution in [-0.4, -0.2) is 19.6 Å². The van der Waals surface area contributed by atoms with E-state index in [-0.39, 0.29) is 17.3 Å². The van der Waals surface area contributed by atoms with Gasteiger partial charge >= 0.3 is 0 Å². The number of amides is 1. The smallest absolute Gasteiger partial charge is 0.262 e. The number of allylic oxidation sites excluding steroid dienone is 1. The van der Waals surface area contributed by atoms with Gasteiger partial charge in [-0.2, -0.15) is 0 Å². The fourth-order valence-electron chi connectivity index (χ4n) is 2.03. The Kier molecular flexibility index (Phi) is 6.21. The Bertz CT molecular complexity index is 762. The Morgan fingerprint density at radius 1 is 1.29 bits per heavy atom. The first-order valence-electron chi connectivity index (χ1n) is 7.22. The summed E-state index contributed by atoms with van der Waals surface area (Å²) in [5.74, 6) is -0.253. The van der Waals surface area contributed by atoms with E-state index in [1.807, 2.05) is 25.1 Å². The molecule has 0 heterocycles. The van der Waals surface area contributed by atoms with Gasteiger partial charge in [0.2, 0.25) is 0 Å². The number of methoxy groups -OCH3 is 1. The van der Waals surface area contributed by atoms with Crippen LogP contribution in [-0.2, 0) is 4.79 Å². The maximum absolute atomic E-state index is 13.7. The van der Waals surface area contributed by atoms with Crippen molar-refractivity contribution in [3.63, 3.8) is 0 Å². The minimum atomic E-state index is -0.680. The van der Waals surface area contributed by atoms with E-state index >= 15 is 0 Å². The summed E-state index contributed by atoms with van der Waals surface area (Å²) in [4.78, 5) is 11.9. The van der Waals surface area contributed by atoms with Gasteiger partial charge in [-0.05, 0) is 36.8 Å². The Labute approximate surface area is 144 Å². The zero-order valence-corrected chi connectivity index (χ0v) is 14.1. The highest BCUT2D eigenvalue weighted by molar-refractivity contribution is 6.31. The summed E-state index contributed by atoms with van der Waals surface area (Å²) in [5, 5.41) is 2.35. The van der Waals surface area contributed by atoms with Crippen molar-refractivity contribution in [2.45, 2.75) is 6.92 Å². The number of ether oxygens (including phenoxy) is 2. The quantitative estimate of drug-likeness (QED) is 0.833. The van der Waals surface area contributed by atoms with Crippen LogP contribution >= 0.6 is 11.6 Å². The van der Waals surface area contributed by atoms with Crippen LogP contribution in [0.4, 0.5) is 10.1 Å². The molecule has 1 amide bonds. The van der Waals surface area contributed by atoms with E-state index in [1.54, 1.807) is 18.2 Å². The Morgan fingerprint density at radius 2 is 2.08 bits per heavy atom. The van der Waals surface area contributed by atoms with Gasteiger partial charge in [0.05, 0.1) is 17.8 Å². The molecule has 6 heteroatoms. The fraction of sp³-hybridized carbons (Fsp3) is 0.167. The Hall–Kier alpha value is -2.53. The number of rotatable bonds is 6. The van der Waals surface area contributed by atoms with Gasteiger partial charge in [-0.15, -0.1) is 0 Å². The Morgan fingerprint density at radius 3 is 2.79 bits per heavy atom. The van der Waals surface area contributed by atoms with E-state index in [2.05, 4.69) is 5.32 Å². The molecule has 0 spiro atoms. The molecule has 0 unspecified atom stereocenters. The molecule has 0 aliphatic carbocycles. The molecule has 2 aromatic rings. The zero-order valence-electron chi connectivity index (χ0n) is 13.3.